The molecule has 2 aromatic heterocycles. The Hall–Kier alpha value is -5.05. The van der Waals surface area contributed by atoms with Crippen molar-refractivity contribution in [3.63, 3.8) is 0 Å². The van der Waals surface area contributed by atoms with Crippen LogP contribution in [0.2, 0.25) is 0 Å². The van der Waals surface area contributed by atoms with Crippen LogP contribution in [0.1, 0.15) is 111 Å². The highest BCUT2D eigenvalue weighted by molar-refractivity contribution is 5.96. The maximum absolute atomic E-state index is 13.1. The Morgan fingerprint density at radius 3 is 2.54 bits per heavy atom. The van der Waals surface area contributed by atoms with E-state index in [2.05, 4.69) is 143 Å². The van der Waals surface area contributed by atoms with Crippen LogP contribution in [0.25, 0.3) is 27.9 Å². The molecule has 4 rings (SSSR count). The Balaban J connectivity index is 1.71. The number of hydrogen-bond donors (Lipinski definition) is 5. The molecule has 3 heterocycles. The number of hydrogen-bond acceptors (Lipinski definition) is 11. The maximum atomic E-state index is 13.1. The molecule has 1 fully saturated rings. The molecular weight excluding hydrogens is 837 g/mol. The number of pyridine rings is 1. The quantitative estimate of drug-likeness (QED) is 0.0217. The number of carbonyl (C=O) groups is 1. The number of carbonyl (C=O) groups excluding carboxylic acids is 1. The van der Waals surface area contributed by atoms with Gasteiger partial charge in [-0.2, -0.15) is 0 Å². The third kappa shape index (κ3) is 14.0. The standard InChI is InChI=1S/C54H84N10O3/c1-16-46(42-25-26-47-44(32-42)45(34-53(12,13)36-67-20-5)51(63(47)19-4)43-24-23-28-57-49(43)41(11)66-15)59-39(9)33-54(27-21-22-29-58-61-54)60-40(10)50(37(6)7)62(14)30-31-64(48(65)17-2)52(55)38(8)35-56-18-3/h16-18,20,23-26,28,32,37-38,41,50,52,56,58,60-61H,2-3,5,10,19,21-22,27,29-31,33-36,55H2,1,4,6-9,11-15H3/b46-16-,59-39?. The van der Waals surface area contributed by atoms with Crippen molar-refractivity contribution in [1.29, 1.82) is 0 Å². The molecule has 0 spiro atoms. The first-order chi connectivity index (χ1) is 31.9. The molecule has 0 radical (unpaired) electrons. The molecule has 1 saturated heterocycles. The second-order valence-electron chi connectivity index (χ2n) is 19.4. The second kappa shape index (κ2) is 25.4. The Labute approximate surface area is 403 Å². The highest BCUT2D eigenvalue weighted by Crippen LogP contribution is 2.41. The summed E-state index contributed by atoms with van der Waals surface area (Å²) in [4.78, 5) is 27.3. The first-order valence-corrected chi connectivity index (χ1v) is 24.2. The zero-order chi connectivity index (χ0) is 49.5. The van der Waals surface area contributed by atoms with Gasteiger partial charge in [0.25, 0.3) is 0 Å². The molecule has 13 heteroatoms. The third-order valence-electron chi connectivity index (χ3n) is 13.0. The lowest BCUT2D eigenvalue weighted by Crippen LogP contribution is -2.62. The number of amides is 1. The van der Waals surface area contributed by atoms with Gasteiger partial charge in [0, 0.05) is 97.2 Å². The van der Waals surface area contributed by atoms with Gasteiger partial charge in [-0.1, -0.05) is 73.1 Å². The Kier molecular flexibility index (Phi) is 20.6. The normalized spacial score (nSPS) is 17.9. The lowest BCUT2D eigenvalue weighted by molar-refractivity contribution is -0.129. The van der Waals surface area contributed by atoms with Gasteiger partial charge in [0.2, 0.25) is 5.91 Å². The smallest absolute Gasteiger partial charge is 0.247 e. The van der Waals surface area contributed by atoms with Crippen molar-refractivity contribution in [3.8, 4) is 11.3 Å². The van der Waals surface area contributed by atoms with Gasteiger partial charge in [-0.05, 0) is 108 Å². The van der Waals surface area contributed by atoms with Crippen LogP contribution in [0, 0.1) is 17.3 Å². The number of aryl methyl sites for hydroxylation is 1. The molecule has 368 valence electrons. The fraction of sp³-hybridized carbons (Fsp3) is 0.537. The molecule has 0 aliphatic carbocycles. The molecule has 0 bridgehead atoms. The SMILES string of the molecule is C=CNCC(C)C(N)N(CCN(C)C(C(=C)NC1(CC(C)=N/C(=C\C)c2ccc3c(c2)c(CC(C)(C)COC=C)c(-c2cccnc2C(C)OC)n3CC)CCCCNN1)C(C)C)C(=O)C=C. The molecule has 1 aromatic carbocycles. The minimum Gasteiger partial charge on any atom is -0.501 e. The van der Waals surface area contributed by atoms with Gasteiger partial charge in [-0.15, -0.1) is 0 Å². The monoisotopic (exact) mass is 921 g/mol. The zero-order valence-corrected chi connectivity index (χ0v) is 42.8. The molecule has 1 aliphatic rings. The van der Waals surface area contributed by atoms with E-state index in [-0.39, 0.29) is 35.3 Å². The number of rotatable bonds is 27. The summed E-state index contributed by atoms with van der Waals surface area (Å²) >= 11 is 0. The summed E-state index contributed by atoms with van der Waals surface area (Å²) in [6, 6.07) is 10.9. The summed E-state index contributed by atoms with van der Waals surface area (Å²) in [6.07, 6.45) is 12.1. The Morgan fingerprint density at radius 2 is 1.90 bits per heavy atom. The molecule has 3 aromatic rings. The fourth-order valence-electron chi connectivity index (χ4n) is 9.63. The molecule has 67 heavy (non-hydrogen) atoms. The fourth-order valence-corrected chi connectivity index (χ4v) is 9.63. The number of nitrogens with one attached hydrogen (secondary N) is 4. The van der Waals surface area contributed by atoms with Gasteiger partial charge < -0.3 is 35.3 Å². The van der Waals surface area contributed by atoms with Gasteiger partial charge >= 0.3 is 0 Å². The van der Waals surface area contributed by atoms with Crippen molar-refractivity contribution in [3.05, 3.63) is 110 Å². The van der Waals surface area contributed by atoms with E-state index in [9.17, 15) is 4.79 Å². The largest absolute Gasteiger partial charge is 0.501 e. The highest BCUT2D eigenvalue weighted by Gasteiger charge is 2.36. The molecule has 5 atom stereocenters. The van der Waals surface area contributed by atoms with Gasteiger partial charge in [0.05, 0.1) is 48.3 Å². The first kappa shape index (κ1) is 54.6. The second-order valence-corrected chi connectivity index (χ2v) is 19.4. The summed E-state index contributed by atoms with van der Waals surface area (Å²) in [5, 5.41) is 8.22. The molecule has 0 saturated carbocycles. The number of likely N-dealkylation sites (N-methyl/N-ethyl adjacent to an activating group) is 1. The molecule has 6 N–H and O–H groups in total. The number of ether oxygens (including phenoxy) is 2. The zero-order valence-electron chi connectivity index (χ0n) is 42.8. The summed E-state index contributed by atoms with van der Waals surface area (Å²) in [6.45, 7) is 39.2. The first-order valence-electron chi connectivity index (χ1n) is 24.2. The van der Waals surface area contributed by atoms with Crippen molar-refractivity contribution in [1.82, 2.24) is 40.8 Å². The summed E-state index contributed by atoms with van der Waals surface area (Å²) in [5.74, 6) is 0.0273. The van der Waals surface area contributed by atoms with E-state index in [0.29, 0.717) is 32.7 Å². The third-order valence-corrected chi connectivity index (χ3v) is 13.0. The van der Waals surface area contributed by atoms with Crippen LogP contribution in [0.3, 0.4) is 0 Å². The van der Waals surface area contributed by atoms with Crippen molar-refractivity contribution in [2.45, 2.75) is 125 Å². The summed E-state index contributed by atoms with van der Waals surface area (Å²) in [7, 11) is 3.82. The number of nitrogens with zero attached hydrogens (tertiary/aromatic N) is 5. The van der Waals surface area contributed by atoms with Crippen LogP contribution in [0.15, 0.2) is 98.1 Å². The Morgan fingerprint density at radius 1 is 1.15 bits per heavy atom. The van der Waals surface area contributed by atoms with Gasteiger partial charge in [0.1, 0.15) is 5.66 Å². The summed E-state index contributed by atoms with van der Waals surface area (Å²) < 4.78 is 14.1. The van der Waals surface area contributed by atoms with E-state index in [1.807, 2.05) is 26.1 Å². The number of hydrazine groups is 1. The lowest BCUT2D eigenvalue weighted by atomic mass is 9.84. The van der Waals surface area contributed by atoms with Crippen LogP contribution >= 0.6 is 0 Å². The Bertz CT molecular complexity index is 2200. The van der Waals surface area contributed by atoms with E-state index in [4.69, 9.17) is 25.2 Å². The van der Waals surface area contributed by atoms with Crippen molar-refractivity contribution >= 4 is 28.2 Å². The molecular formula is C54H84N10O3. The van der Waals surface area contributed by atoms with Crippen LogP contribution in [0.5, 0.6) is 0 Å². The summed E-state index contributed by atoms with van der Waals surface area (Å²) in [5.41, 5.74) is 22.4. The van der Waals surface area contributed by atoms with Crippen LogP contribution in [-0.4, -0.2) is 95.8 Å². The number of allylic oxidation sites excluding steroid dienone is 1. The number of aliphatic imine (C=N–C) groups is 1. The minimum atomic E-state index is -0.557. The number of aromatic nitrogens is 2. The highest BCUT2D eigenvalue weighted by atomic mass is 16.5. The number of benzene rings is 1. The van der Waals surface area contributed by atoms with Crippen molar-refractivity contribution in [2.24, 2.45) is 28.0 Å². The number of methoxy groups -OCH3 is 1. The van der Waals surface area contributed by atoms with E-state index >= 15 is 0 Å². The topological polar surface area (TPSA) is 146 Å². The van der Waals surface area contributed by atoms with E-state index in [0.717, 1.165) is 83.9 Å². The van der Waals surface area contributed by atoms with E-state index < -0.39 is 11.8 Å². The van der Waals surface area contributed by atoms with Crippen molar-refractivity contribution in [2.75, 3.05) is 46.9 Å². The molecule has 13 nitrogen and oxygen atoms in total. The van der Waals surface area contributed by atoms with Crippen LogP contribution in [0.4, 0.5) is 0 Å². The van der Waals surface area contributed by atoms with Gasteiger partial charge in [-0.3, -0.25) is 25.1 Å². The van der Waals surface area contributed by atoms with Crippen LogP contribution in [-0.2, 0) is 27.2 Å². The maximum Gasteiger partial charge on any atom is 0.247 e. The molecule has 1 aliphatic heterocycles. The predicted molar refractivity (Wildman–Crippen MR) is 280 cm³/mol. The van der Waals surface area contributed by atoms with Gasteiger partial charge in [-0.25, -0.2) is 5.43 Å². The molecule has 5 unspecified atom stereocenters. The van der Waals surface area contributed by atoms with Crippen LogP contribution < -0.4 is 27.2 Å². The average Bonchev–Trinajstić information content (AvgIpc) is 3.41. The predicted octanol–water partition coefficient (Wildman–Crippen LogP) is 9.07. The van der Waals surface area contributed by atoms with E-state index in [1.165, 1.54) is 23.3 Å². The number of nitrogens with two attached hydrogens (primary N) is 1. The van der Waals surface area contributed by atoms with Gasteiger partial charge in [0.15, 0.2) is 0 Å². The van der Waals surface area contributed by atoms with Crippen molar-refractivity contribution < 1.29 is 14.3 Å². The average molecular weight is 921 g/mol. The lowest BCUT2D eigenvalue weighted by Gasteiger charge is -2.42. The minimum absolute atomic E-state index is 0.000723. The number of fused-ring (bicyclic) bond motifs is 1. The molecule has 1 amide bonds. The van der Waals surface area contributed by atoms with E-state index in [1.54, 1.807) is 18.2 Å².